The summed E-state index contributed by atoms with van der Waals surface area (Å²) in [5, 5.41) is 3.33. The molecule has 1 atom stereocenters. The lowest BCUT2D eigenvalue weighted by molar-refractivity contribution is 0.551. The first-order chi connectivity index (χ1) is 9.27. The largest absolute Gasteiger partial charge is 0.370 e. The van der Waals surface area contributed by atoms with E-state index in [1.807, 2.05) is 0 Å². The molecule has 2 rings (SSSR count). The van der Waals surface area contributed by atoms with Crippen molar-refractivity contribution in [3.8, 4) is 0 Å². The van der Waals surface area contributed by atoms with Gasteiger partial charge < -0.3 is 10.2 Å². The van der Waals surface area contributed by atoms with Crippen molar-refractivity contribution in [3.05, 3.63) is 11.9 Å². The molecule has 2 heterocycles. The summed E-state index contributed by atoms with van der Waals surface area (Å²) < 4.78 is 0. The van der Waals surface area contributed by atoms with Crippen molar-refractivity contribution in [1.29, 1.82) is 0 Å². The van der Waals surface area contributed by atoms with Crippen LogP contribution in [0.4, 0.5) is 11.6 Å². The Bertz CT molecular complexity index is 405. The first-order valence-electron chi connectivity index (χ1n) is 7.60. The molecule has 0 radical (unpaired) electrons. The van der Waals surface area contributed by atoms with Crippen molar-refractivity contribution in [2.75, 3.05) is 23.3 Å². The van der Waals surface area contributed by atoms with Gasteiger partial charge in [-0.25, -0.2) is 9.97 Å². The Labute approximate surface area is 116 Å². The fourth-order valence-electron chi connectivity index (χ4n) is 2.96. The Morgan fingerprint density at radius 3 is 2.84 bits per heavy atom. The molecule has 1 unspecified atom stereocenters. The van der Waals surface area contributed by atoms with E-state index in [2.05, 4.69) is 41.0 Å². The quantitative estimate of drug-likeness (QED) is 0.903. The lowest BCUT2D eigenvalue weighted by Gasteiger charge is -2.31. The lowest BCUT2D eigenvalue weighted by atomic mass is 10.1. The van der Waals surface area contributed by atoms with Gasteiger partial charge in [-0.05, 0) is 33.1 Å². The summed E-state index contributed by atoms with van der Waals surface area (Å²) in [5.41, 5.74) is 1.18. The minimum absolute atomic E-state index is 0.630. The summed E-state index contributed by atoms with van der Waals surface area (Å²) in [6.45, 7) is 8.54. The maximum atomic E-state index is 4.56. The van der Waals surface area contributed by atoms with E-state index in [1.165, 1.54) is 37.7 Å². The van der Waals surface area contributed by atoms with Crippen molar-refractivity contribution in [3.63, 3.8) is 0 Å². The van der Waals surface area contributed by atoms with E-state index in [0.29, 0.717) is 6.04 Å². The van der Waals surface area contributed by atoms with Crippen molar-refractivity contribution in [1.82, 2.24) is 9.97 Å². The van der Waals surface area contributed by atoms with Crippen LogP contribution in [0.25, 0.3) is 0 Å². The van der Waals surface area contributed by atoms with Gasteiger partial charge in [0.2, 0.25) is 0 Å². The molecule has 0 aliphatic carbocycles. The van der Waals surface area contributed by atoms with Gasteiger partial charge in [0.25, 0.3) is 0 Å². The van der Waals surface area contributed by atoms with Crippen LogP contribution in [0.1, 0.15) is 51.5 Å². The Balaban J connectivity index is 2.30. The molecule has 4 heteroatoms. The van der Waals surface area contributed by atoms with Crippen molar-refractivity contribution < 1.29 is 0 Å². The van der Waals surface area contributed by atoms with E-state index in [-0.39, 0.29) is 0 Å². The Morgan fingerprint density at radius 2 is 2.11 bits per heavy atom. The van der Waals surface area contributed by atoms with Crippen LogP contribution in [0.5, 0.6) is 0 Å². The van der Waals surface area contributed by atoms with Crippen LogP contribution in [0.15, 0.2) is 6.33 Å². The highest BCUT2D eigenvalue weighted by atomic mass is 15.2. The van der Waals surface area contributed by atoms with Crippen LogP contribution in [0, 0.1) is 6.92 Å². The third-order valence-corrected chi connectivity index (χ3v) is 4.02. The summed E-state index contributed by atoms with van der Waals surface area (Å²) in [7, 11) is 0. The topological polar surface area (TPSA) is 41.1 Å². The van der Waals surface area contributed by atoms with Gasteiger partial charge in [-0.3, -0.25) is 0 Å². The monoisotopic (exact) mass is 262 g/mol. The highest BCUT2D eigenvalue weighted by molar-refractivity contribution is 5.58. The minimum Gasteiger partial charge on any atom is -0.370 e. The molecule has 0 aromatic carbocycles. The smallest absolute Gasteiger partial charge is 0.137 e. The maximum Gasteiger partial charge on any atom is 0.137 e. The van der Waals surface area contributed by atoms with E-state index >= 15 is 0 Å². The summed E-state index contributed by atoms with van der Waals surface area (Å²) in [6, 6.07) is 0.630. The average Bonchev–Trinajstić information content (AvgIpc) is 2.66. The average molecular weight is 262 g/mol. The van der Waals surface area contributed by atoms with Crippen LogP contribution in [0.2, 0.25) is 0 Å². The van der Waals surface area contributed by atoms with Crippen LogP contribution in [-0.4, -0.2) is 29.1 Å². The number of hydrogen-bond acceptors (Lipinski definition) is 4. The van der Waals surface area contributed by atoms with Crippen molar-refractivity contribution in [2.45, 2.75) is 58.9 Å². The molecule has 1 fully saturated rings. The number of rotatable bonds is 4. The van der Waals surface area contributed by atoms with Crippen LogP contribution < -0.4 is 10.2 Å². The number of anilines is 2. The normalized spacial score (nSPS) is 20.2. The Kier molecular flexibility index (Phi) is 5.00. The molecule has 0 amide bonds. The van der Waals surface area contributed by atoms with Crippen LogP contribution in [-0.2, 0) is 0 Å². The zero-order valence-electron chi connectivity index (χ0n) is 12.4. The van der Waals surface area contributed by atoms with Crippen LogP contribution >= 0.6 is 0 Å². The standard InChI is InChI=1S/C15H26N4/c1-4-13-9-7-6-8-10-19(13)15-12(3)14(16-5-2)17-11-18-15/h11,13H,4-10H2,1-3H3,(H,16,17,18). The third-order valence-electron chi connectivity index (χ3n) is 4.02. The molecule has 19 heavy (non-hydrogen) atoms. The zero-order valence-corrected chi connectivity index (χ0v) is 12.4. The molecule has 1 saturated heterocycles. The summed E-state index contributed by atoms with van der Waals surface area (Å²) in [6.07, 6.45) is 8.14. The summed E-state index contributed by atoms with van der Waals surface area (Å²) in [4.78, 5) is 11.4. The van der Waals surface area contributed by atoms with Gasteiger partial charge in [0.15, 0.2) is 0 Å². The molecular formula is C15H26N4. The molecule has 1 aliphatic rings. The lowest BCUT2D eigenvalue weighted by Crippen LogP contribution is -2.35. The first kappa shape index (κ1) is 14.1. The van der Waals surface area contributed by atoms with Gasteiger partial charge in [-0.2, -0.15) is 0 Å². The van der Waals surface area contributed by atoms with Crippen molar-refractivity contribution in [2.24, 2.45) is 0 Å². The molecule has 1 aromatic heterocycles. The molecule has 106 valence electrons. The predicted molar refractivity (Wildman–Crippen MR) is 80.8 cm³/mol. The number of nitrogens with zero attached hydrogens (tertiary/aromatic N) is 3. The van der Waals surface area contributed by atoms with Gasteiger partial charge in [0, 0.05) is 24.7 Å². The highest BCUT2D eigenvalue weighted by Gasteiger charge is 2.23. The van der Waals surface area contributed by atoms with Gasteiger partial charge >= 0.3 is 0 Å². The Morgan fingerprint density at radius 1 is 1.26 bits per heavy atom. The fraction of sp³-hybridized carbons (Fsp3) is 0.733. The summed E-state index contributed by atoms with van der Waals surface area (Å²) >= 11 is 0. The summed E-state index contributed by atoms with van der Waals surface area (Å²) in [5.74, 6) is 2.10. The zero-order chi connectivity index (χ0) is 13.7. The van der Waals surface area contributed by atoms with E-state index in [4.69, 9.17) is 0 Å². The maximum absolute atomic E-state index is 4.56. The molecular weight excluding hydrogens is 236 g/mol. The second-order valence-electron chi connectivity index (χ2n) is 5.31. The first-order valence-corrected chi connectivity index (χ1v) is 7.60. The van der Waals surface area contributed by atoms with Gasteiger partial charge in [-0.15, -0.1) is 0 Å². The number of hydrogen-bond donors (Lipinski definition) is 1. The molecule has 4 nitrogen and oxygen atoms in total. The SMILES string of the molecule is CCNc1ncnc(N2CCCCCC2CC)c1C. The molecule has 0 saturated carbocycles. The minimum atomic E-state index is 0.630. The predicted octanol–water partition coefficient (Wildman–Crippen LogP) is 3.38. The molecule has 1 aromatic rings. The Hall–Kier alpha value is -1.32. The molecule has 0 spiro atoms. The molecule has 1 N–H and O–H groups in total. The van der Waals surface area contributed by atoms with E-state index < -0.39 is 0 Å². The number of nitrogens with one attached hydrogen (secondary N) is 1. The van der Waals surface area contributed by atoms with E-state index in [1.54, 1.807) is 6.33 Å². The van der Waals surface area contributed by atoms with E-state index in [9.17, 15) is 0 Å². The fourth-order valence-corrected chi connectivity index (χ4v) is 2.96. The molecule has 1 aliphatic heterocycles. The van der Waals surface area contributed by atoms with Crippen molar-refractivity contribution >= 4 is 11.6 Å². The highest BCUT2D eigenvalue weighted by Crippen LogP contribution is 2.28. The van der Waals surface area contributed by atoms with Gasteiger partial charge in [0.1, 0.15) is 18.0 Å². The third kappa shape index (κ3) is 3.17. The second-order valence-corrected chi connectivity index (χ2v) is 5.31. The second kappa shape index (κ2) is 6.73. The number of aromatic nitrogens is 2. The molecule has 0 bridgehead atoms. The van der Waals surface area contributed by atoms with E-state index in [0.717, 1.165) is 24.7 Å². The van der Waals surface area contributed by atoms with Crippen LogP contribution in [0.3, 0.4) is 0 Å². The van der Waals surface area contributed by atoms with Gasteiger partial charge in [0.05, 0.1) is 0 Å². The van der Waals surface area contributed by atoms with Gasteiger partial charge in [-0.1, -0.05) is 19.8 Å².